The molecule has 2 aliphatic heterocycles. The van der Waals surface area contributed by atoms with Crippen molar-refractivity contribution in [2.75, 3.05) is 73.4 Å². The zero-order chi connectivity index (χ0) is 26.6. The van der Waals surface area contributed by atoms with Crippen molar-refractivity contribution >= 4 is 11.9 Å². The predicted molar refractivity (Wildman–Crippen MR) is 152 cm³/mol. The normalized spacial score (nSPS) is 18.5. The minimum atomic E-state index is -0.560. The van der Waals surface area contributed by atoms with Crippen LogP contribution in [0, 0.1) is 0 Å². The molecular weight excluding hydrogens is 470 g/mol. The van der Waals surface area contributed by atoms with E-state index >= 15 is 0 Å². The summed E-state index contributed by atoms with van der Waals surface area (Å²) in [5.74, 6) is 1.49. The lowest BCUT2D eigenvalue weighted by molar-refractivity contribution is 0.0428. The van der Waals surface area contributed by atoms with Crippen LogP contribution in [-0.2, 0) is 9.47 Å². The molecule has 0 saturated carbocycles. The monoisotopic (exact) mass is 525 g/mol. The molecule has 0 aromatic heterocycles. The van der Waals surface area contributed by atoms with E-state index in [-0.39, 0.29) is 0 Å². The molecule has 0 spiro atoms. The number of morpholine rings is 2. The summed E-state index contributed by atoms with van der Waals surface area (Å²) in [5.41, 5.74) is 3.15. The van der Waals surface area contributed by atoms with E-state index in [0.717, 1.165) is 45.0 Å². The zero-order valence-corrected chi connectivity index (χ0v) is 23.9. The Bertz CT molecular complexity index is 623. The van der Waals surface area contributed by atoms with Gasteiger partial charge in [-0.15, -0.1) is 0 Å². The van der Waals surface area contributed by atoms with Crippen molar-refractivity contribution in [1.29, 1.82) is 0 Å². The Morgan fingerprint density at radius 2 is 1.35 bits per heavy atom. The minimum Gasteiger partial charge on any atom is -0.378 e. The molecule has 37 heavy (non-hydrogen) atoms. The molecule has 216 valence electrons. The van der Waals surface area contributed by atoms with Gasteiger partial charge in [-0.1, -0.05) is 71.1 Å². The Kier molecular flexibility index (Phi) is 17.6. The average Bonchev–Trinajstić information content (AvgIpc) is 2.93. The van der Waals surface area contributed by atoms with Crippen LogP contribution < -0.4 is 10.7 Å². The van der Waals surface area contributed by atoms with Crippen molar-refractivity contribution in [3.05, 3.63) is 0 Å². The summed E-state index contributed by atoms with van der Waals surface area (Å²) in [6.45, 7) is 8.56. The SMILES string of the molecule is CCCCCCCCCCCCCC(O)NN(C)C/N=C(\N=C(/NC)N1CCOCC1)N1CCOCC1. The number of aliphatic imine (C=N–C) groups is 2. The van der Waals surface area contributed by atoms with Gasteiger partial charge < -0.3 is 29.7 Å². The Balaban J connectivity index is 1.70. The van der Waals surface area contributed by atoms with Gasteiger partial charge in [-0.2, -0.15) is 4.99 Å². The standard InChI is InChI=1S/C27H55N7O3/c1-4-5-6-7-8-9-10-11-12-13-14-15-25(35)31-32(3)24-29-27(34-18-22-37-23-19-34)30-26(28-2)33-16-20-36-21-17-33/h25,31,35H,4-24H2,1-3H3,(H,28,29,30). The molecule has 3 N–H and O–H groups in total. The van der Waals surface area contributed by atoms with Crippen molar-refractivity contribution in [1.82, 2.24) is 25.6 Å². The predicted octanol–water partition coefficient (Wildman–Crippen LogP) is 3.00. The third-order valence-electron chi connectivity index (χ3n) is 6.91. The van der Waals surface area contributed by atoms with Crippen molar-refractivity contribution in [2.24, 2.45) is 9.98 Å². The number of unbranched alkanes of at least 4 members (excludes halogenated alkanes) is 10. The van der Waals surface area contributed by atoms with E-state index in [1.165, 1.54) is 64.2 Å². The largest absolute Gasteiger partial charge is 0.378 e. The number of hydrogen-bond acceptors (Lipinski definition) is 6. The average molecular weight is 526 g/mol. The molecule has 2 rings (SSSR count). The number of guanidine groups is 2. The highest BCUT2D eigenvalue weighted by atomic mass is 16.5. The molecule has 0 aromatic rings. The third kappa shape index (κ3) is 14.3. The minimum absolute atomic E-state index is 0.394. The molecule has 10 nitrogen and oxygen atoms in total. The molecule has 0 amide bonds. The second kappa shape index (κ2) is 20.5. The maximum atomic E-state index is 10.4. The number of aliphatic hydroxyl groups excluding tert-OH is 1. The molecule has 2 saturated heterocycles. The highest BCUT2D eigenvalue weighted by Gasteiger charge is 2.19. The Morgan fingerprint density at radius 3 is 1.89 bits per heavy atom. The second-order valence-electron chi connectivity index (χ2n) is 10.2. The molecule has 0 aliphatic carbocycles. The van der Waals surface area contributed by atoms with Gasteiger partial charge in [0, 0.05) is 40.3 Å². The fourth-order valence-corrected chi connectivity index (χ4v) is 4.66. The maximum absolute atomic E-state index is 10.4. The summed E-state index contributed by atoms with van der Waals surface area (Å²) in [5, 5.41) is 15.5. The van der Waals surface area contributed by atoms with E-state index in [1.54, 1.807) is 0 Å². The van der Waals surface area contributed by atoms with E-state index in [4.69, 9.17) is 19.5 Å². The zero-order valence-electron chi connectivity index (χ0n) is 23.9. The lowest BCUT2D eigenvalue weighted by atomic mass is 10.1. The number of ether oxygens (including phenoxy) is 2. The topological polar surface area (TPSA) is 97.2 Å². The Hall–Kier alpha value is -1.46. The highest BCUT2D eigenvalue weighted by molar-refractivity contribution is 5.95. The highest BCUT2D eigenvalue weighted by Crippen LogP contribution is 2.12. The van der Waals surface area contributed by atoms with Crippen LogP contribution in [0.2, 0.25) is 0 Å². The molecule has 0 bridgehead atoms. The van der Waals surface area contributed by atoms with Gasteiger partial charge in [0.1, 0.15) is 12.9 Å². The summed E-state index contributed by atoms with van der Waals surface area (Å²) >= 11 is 0. The van der Waals surface area contributed by atoms with Gasteiger partial charge in [0.15, 0.2) is 0 Å². The van der Waals surface area contributed by atoms with Crippen molar-refractivity contribution in [3.63, 3.8) is 0 Å². The number of nitrogens with one attached hydrogen (secondary N) is 2. The van der Waals surface area contributed by atoms with Crippen LogP contribution >= 0.6 is 0 Å². The Labute approximate surface area is 225 Å². The van der Waals surface area contributed by atoms with Crippen molar-refractivity contribution < 1.29 is 14.6 Å². The number of hydrazine groups is 1. The van der Waals surface area contributed by atoms with Crippen LogP contribution in [0.15, 0.2) is 9.98 Å². The van der Waals surface area contributed by atoms with Crippen molar-refractivity contribution in [3.8, 4) is 0 Å². The number of hydrogen-bond donors (Lipinski definition) is 3. The van der Waals surface area contributed by atoms with Gasteiger partial charge in [-0.3, -0.25) is 0 Å². The first-order chi connectivity index (χ1) is 18.1. The van der Waals surface area contributed by atoms with Crippen LogP contribution in [0.3, 0.4) is 0 Å². The van der Waals surface area contributed by atoms with Crippen LogP contribution in [0.5, 0.6) is 0 Å². The van der Waals surface area contributed by atoms with Gasteiger partial charge in [0.25, 0.3) is 0 Å². The van der Waals surface area contributed by atoms with Gasteiger partial charge in [-0.25, -0.2) is 15.4 Å². The lowest BCUT2D eigenvalue weighted by Crippen LogP contribution is -2.48. The number of nitrogens with zero attached hydrogens (tertiary/aromatic N) is 5. The van der Waals surface area contributed by atoms with E-state index in [9.17, 15) is 5.11 Å². The summed E-state index contributed by atoms with van der Waals surface area (Å²) in [6.07, 6.45) is 14.6. The first-order valence-corrected chi connectivity index (χ1v) is 14.8. The van der Waals surface area contributed by atoms with Gasteiger partial charge in [0.05, 0.1) is 26.4 Å². The van der Waals surface area contributed by atoms with Crippen LogP contribution in [0.1, 0.15) is 84.0 Å². The summed E-state index contributed by atoms with van der Waals surface area (Å²) in [6, 6.07) is 0. The first kappa shape index (κ1) is 31.8. The summed E-state index contributed by atoms with van der Waals surface area (Å²) in [7, 11) is 3.80. The molecule has 2 aliphatic rings. The fraction of sp³-hybridized carbons (Fsp3) is 0.926. The van der Waals surface area contributed by atoms with Crippen molar-refractivity contribution in [2.45, 2.75) is 90.2 Å². The van der Waals surface area contributed by atoms with Crippen LogP contribution in [0.25, 0.3) is 0 Å². The van der Waals surface area contributed by atoms with Gasteiger partial charge in [-0.05, 0) is 12.8 Å². The van der Waals surface area contributed by atoms with E-state index in [2.05, 4.69) is 27.5 Å². The van der Waals surface area contributed by atoms with E-state index in [0.29, 0.717) is 39.1 Å². The molecule has 2 heterocycles. The summed E-state index contributed by atoms with van der Waals surface area (Å²) < 4.78 is 11.0. The maximum Gasteiger partial charge on any atom is 0.225 e. The van der Waals surface area contributed by atoms with Crippen LogP contribution in [0.4, 0.5) is 0 Å². The molecule has 0 radical (unpaired) electrons. The van der Waals surface area contributed by atoms with Gasteiger partial charge in [0.2, 0.25) is 11.9 Å². The third-order valence-corrected chi connectivity index (χ3v) is 6.91. The molecule has 1 unspecified atom stereocenters. The molecule has 10 heteroatoms. The van der Waals surface area contributed by atoms with Crippen LogP contribution in [-0.4, -0.2) is 111 Å². The smallest absolute Gasteiger partial charge is 0.225 e. The molecule has 0 aromatic carbocycles. The second-order valence-corrected chi connectivity index (χ2v) is 10.2. The van der Waals surface area contributed by atoms with E-state index in [1.807, 2.05) is 19.1 Å². The molecular formula is C27H55N7O3. The number of rotatable bonds is 16. The lowest BCUT2D eigenvalue weighted by Gasteiger charge is -2.32. The number of aliphatic hydroxyl groups is 1. The Morgan fingerprint density at radius 1 is 0.838 bits per heavy atom. The quantitative estimate of drug-likeness (QED) is 0.0931. The molecule has 2 fully saturated rings. The first-order valence-electron chi connectivity index (χ1n) is 14.8. The van der Waals surface area contributed by atoms with Gasteiger partial charge >= 0.3 is 0 Å². The summed E-state index contributed by atoms with van der Waals surface area (Å²) in [4.78, 5) is 14.0. The fourth-order valence-electron chi connectivity index (χ4n) is 4.66. The molecule has 1 atom stereocenters. The van der Waals surface area contributed by atoms with E-state index < -0.39 is 6.23 Å².